The molecule has 0 aromatic heterocycles. The van der Waals surface area contributed by atoms with Gasteiger partial charge < -0.3 is 9.84 Å². The Labute approximate surface area is 155 Å². The van der Waals surface area contributed by atoms with E-state index in [1.54, 1.807) is 0 Å². The minimum Gasteiger partial charge on any atom is -0.512 e. The van der Waals surface area contributed by atoms with E-state index >= 15 is 0 Å². The Balaban J connectivity index is 2.12. The fourth-order valence-electron chi connectivity index (χ4n) is 3.54. The highest BCUT2D eigenvalue weighted by atomic mass is 16.5. The first-order chi connectivity index (χ1) is 12.2. The molecule has 1 N–H and O–H groups in total. The first-order valence-electron chi connectivity index (χ1n) is 10.8. The third kappa shape index (κ3) is 9.91. The van der Waals surface area contributed by atoms with Gasteiger partial charge >= 0.3 is 5.97 Å². The number of carbonyl (C=O) groups is 1. The lowest BCUT2D eigenvalue weighted by Gasteiger charge is -2.24. The fourth-order valence-corrected chi connectivity index (χ4v) is 3.54. The molecule has 1 aliphatic heterocycles. The summed E-state index contributed by atoms with van der Waals surface area (Å²) in [6.07, 6.45) is 18.0. The number of ether oxygens (including phenoxy) is 1. The van der Waals surface area contributed by atoms with Crippen molar-refractivity contribution in [3.63, 3.8) is 0 Å². The van der Waals surface area contributed by atoms with Gasteiger partial charge in [-0.2, -0.15) is 0 Å². The largest absolute Gasteiger partial charge is 0.512 e. The Bertz CT molecular complexity index is 387. The van der Waals surface area contributed by atoms with Crippen LogP contribution in [0.15, 0.2) is 11.3 Å². The second-order valence-electron chi connectivity index (χ2n) is 7.58. The summed E-state index contributed by atoms with van der Waals surface area (Å²) in [4.78, 5) is 12.1. The third-order valence-electron chi connectivity index (χ3n) is 5.20. The second kappa shape index (κ2) is 14.2. The molecule has 0 spiro atoms. The number of esters is 1. The van der Waals surface area contributed by atoms with Crippen LogP contribution in [0, 0.1) is 0 Å². The number of aliphatic hydroxyl groups is 1. The van der Waals surface area contributed by atoms with Crippen molar-refractivity contribution in [2.45, 2.75) is 123 Å². The molecule has 0 saturated carbocycles. The summed E-state index contributed by atoms with van der Waals surface area (Å²) in [6, 6.07) is 0. The molecule has 3 heteroatoms. The predicted octanol–water partition coefficient (Wildman–Crippen LogP) is 7.01. The van der Waals surface area contributed by atoms with Gasteiger partial charge in [0.1, 0.15) is 11.9 Å². The molecule has 0 unspecified atom stereocenters. The van der Waals surface area contributed by atoms with Crippen molar-refractivity contribution >= 4 is 5.97 Å². The first-order valence-corrected chi connectivity index (χ1v) is 10.8. The van der Waals surface area contributed by atoms with Gasteiger partial charge in [0.2, 0.25) is 0 Å². The summed E-state index contributed by atoms with van der Waals surface area (Å²) >= 11 is 0. The summed E-state index contributed by atoms with van der Waals surface area (Å²) in [5.41, 5.74) is 0.527. The van der Waals surface area contributed by atoms with Gasteiger partial charge in [0, 0.05) is 6.42 Å². The lowest BCUT2D eigenvalue weighted by Crippen LogP contribution is -2.26. The van der Waals surface area contributed by atoms with Crippen LogP contribution in [0.3, 0.4) is 0 Å². The minimum absolute atomic E-state index is 0.114. The molecule has 0 aliphatic carbocycles. The maximum atomic E-state index is 12.1. The molecule has 0 fully saturated rings. The van der Waals surface area contributed by atoms with Gasteiger partial charge in [0.15, 0.2) is 0 Å². The van der Waals surface area contributed by atoms with Gasteiger partial charge in [0.05, 0.1) is 5.57 Å². The van der Waals surface area contributed by atoms with Gasteiger partial charge in [-0.1, -0.05) is 84.5 Å². The summed E-state index contributed by atoms with van der Waals surface area (Å²) in [6.45, 7) is 4.42. The molecule has 146 valence electrons. The van der Waals surface area contributed by atoms with Crippen LogP contribution >= 0.6 is 0 Å². The van der Waals surface area contributed by atoms with E-state index in [0.29, 0.717) is 18.4 Å². The Morgan fingerprint density at radius 2 is 1.36 bits per heavy atom. The number of unbranched alkanes of at least 4 members (excludes halogenated alkanes) is 11. The average Bonchev–Trinajstić information content (AvgIpc) is 2.59. The fraction of sp³-hybridized carbons (Fsp3) is 0.864. The molecule has 0 amide bonds. The summed E-state index contributed by atoms with van der Waals surface area (Å²) in [7, 11) is 0. The van der Waals surface area contributed by atoms with Crippen molar-refractivity contribution in [3.05, 3.63) is 11.3 Å². The van der Waals surface area contributed by atoms with E-state index in [0.717, 1.165) is 25.7 Å². The molecule has 1 aliphatic rings. The lowest BCUT2D eigenvalue weighted by atomic mass is 9.97. The van der Waals surface area contributed by atoms with E-state index in [1.165, 1.54) is 64.2 Å². The van der Waals surface area contributed by atoms with Crippen molar-refractivity contribution in [1.82, 2.24) is 0 Å². The normalized spacial score (nSPS) is 17.8. The van der Waals surface area contributed by atoms with E-state index in [1.807, 2.05) is 0 Å². The smallest absolute Gasteiger partial charge is 0.337 e. The zero-order chi connectivity index (χ0) is 18.3. The van der Waals surface area contributed by atoms with Crippen LogP contribution in [0.1, 0.15) is 117 Å². The van der Waals surface area contributed by atoms with Crippen LogP contribution in [0.25, 0.3) is 0 Å². The topological polar surface area (TPSA) is 46.5 Å². The van der Waals surface area contributed by atoms with Gasteiger partial charge in [-0.15, -0.1) is 0 Å². The third-order valence-corrected chi connectivity index (χ3v) is 5.20. The molecular weight excluding hydrogens is 312 g/mol. The molecule has 3 nitrogen and oxygen atoms in total. The average molecular weight is 353 g/mol. The molecular formula is C22H40O3. The zero-order valence-corrected chi connectivity index (χ0v) is 16.7. The number of rotatable bonds is 15. The second-order valence-corrected chi connectivity index (χ2v) is 7.58. The lowest BCUT2D eigenvalue weighted by molar-refractivity contribution is -0.147. The maximum Gasteiger partial charge on any atom is 0.337 e. The molecule has 0 aromatic carbocycles. The van der Waals surface area contributed by atoms with E-state index < -0.39 is 0 Å². The van der Waals surface area contributed by atoms with Crippen LogP contribution in [-0.2, 0) is 9.53 Å². The molecule has 1 rings (SSSR count). The monoisotopic (exact) mass is 352 g/mol. The summed E-state index contributed by atoms with van der Waals surface area (Å²) in [5, 5.41) is 10.2. The number of hydrogen-bond donors (Lipinski definition) is 1. The summed E-state index contributed by atoms with van der Waals surface area (Å²) < 4.78 is 5.54. The Kier molecular flexibility index (Phi) is 12.5. The van der Waals surface area contributed by atoms with Crippen molar-refractivity contribution in [3.8, 4) is 0 Å². The predicted molar refractivity (Wildman–Crippen MR) is 105 cm³/mol. The van der Waals surface area contributed by atoms with Crippen molar-refractivity contribution in [2.24, 2.45) is 0 Å². The number of carbonyl (C=O) groups excluding carboxylic acids is 1. The highest BCUT2D eigenvalue weighted by molar-refractivity contribution is 5.89. The Morgan fingerprint density at radius 3 is 1.92 bits per heavy atom. The van der Waals surface area contributed by atoms with Gasteiger partial charge in [-0.25, -0.2) is 4.79 Å². The van der Waals surface area contributed by atoms with Crippen molar-refractivity contribution in [1.29, 1.82) is 0 Å². The van der Waals surface area contributed by atoms with Gasteiger partial charge in [-0.3, -0.25) is 0 Å². The first kappa shape index (κ1) is 22.1. The molecule has 1 heterocycles. The standard InChI is InChI=1S/C22H40O3/c1-3-5-7-9-10-11-12-13-14-16-19-18-21(23)20(22(24)25-19)17-15-8-6-4-2/h19,23H,3-18H2,1-2H3/t19-/m1/s1. The Morgan fingerprint density at radius 1 is 0.840 bits per heavy atom. The van der Waals surface area contributed by atoms with Gasteiger partial charge in [-0.05, 0) is 25.7 Å². The van der Waals surface area contributed by atoms with Crippen LogP contribution in [0.4, 0.5) is 0 Å². The number of hydrogen-bond acceptors (Lipinski definition) is 3. The van der Waals surface area contributed by atoms with Crippen LogP contribution in [0.5, 0.6) is 0 Å². The SMILES string of the molecule is CCCCCCCCCCC[C@@H]1CC(O)=C(CCCCCC)C(=O)O1. The van der Waals surface area contributed by atoms with E-state index in [4.69, 9.17) is 4.74 Å². The van der Waals surface area contributed by atoms with Crippen LogP contribution in [0.2, 0.25) is 0 Å². The minimum atomic E-state index is -0.277. The van der Waals surface area contributed by atoms with Crippen molar-refractivity contribution < 1.29 is 14.6 Å². The zero-order valence-electron chi connectivity index (χ0n) is 16.7. The molecule has 1 atom stereocenters. The summed E-state index contributed by atoms with van der Waals surface area (Å²) in [5.74, 6) is 0.00912. The van der Waals surface area contributed by atoms with Gasteiger partial charge in [0.25, 0.3) is 0 Å². The number of cyclic esters (lactones) is 1. The van der Waals surface area contributed by atoms with E-state index in [2.05, 4.69) is 13.8 Å². The molecule has 0 saturated heterocycles. The highest BCUT2D eigenvalue weighted by Crippen LogP contribution is 2.27. The molecule has 0 bridgehead atoms. The molecule has 0 radical (unpaired) electrons. The Hall–Kier alpha value is -0.990. The van der Waals surface area contributed by atoms with Crippen LogP contribution in [-0.4, -0.2) is 17.2 Å². The molecule has 25 heavy (non-hydrogen) atoms. The highest BCUT2D eigenvalue weighted by Gasteiger charge is 2.28. The van der Waals surface area contributed by atoms with E-state index in [9.17, 15) is 9.90 Å². The van der Waals surface area contributed by atoms with Crippen molar-refractivity contribution in [2.75, 3.05) is 0 Å². The number of aliphatic hydroxyl groups excluding tert-OH is 1. The van der Waals surface area contributed by atoms with E-state index in [-0.39, 0.29) is 17.8 Å². The van der Waals surface area contributed by atoms with Crippen LogP contribution < -0.4 is 0 Å². The maximum absolute atomic E-state index is 12.1. The molecule has 0 aromatic rings. The quantitative estimate of drug-likeness (QED) is 0.255.